The van der Waals surface area contributed by atoms with E-state index in [0.29, 0.717) is 6.61 Å². The maximum Gasteiger partial charge on any atom is 0.124 e. The third-order valence-electron chi connectivity index (χ3n) is 3.48. The highest BCUT2D eigenvalue weighted by Gasteiger charge is 2.17. The summed E-state index contributed by atoms with van der Waals surface area (Å²) >= 11 is 0. The minimum atomic E-state index is 0.128. The van der Waals surface area contributed by atoms with Gasteiger partial charge in [0, 0.05) is 17.8 Å². The normalized spacial score (nSPS) is 11.2. The van der Waals surface area contributed by atoms with Gasteiger partial charge >= 0.3 is 0 Å². The Morgan fingerprint density at radius 2 is 1.62 bits per heavy atom. The number of para-hydroxylation sites is 2. The Hall–Kier alpha value is -1.96. The van der Waals surface area contributed by atoms with Crippen LogP contribution < -0.4 is 10.1 Å². The van der Waals surface area contributed by atoms with E-state index in [1.54, 1.807) is 0 Å². The highest BCUT2D eigenvalue weighted by atomic mass is 16.5. The van der Waals surface area contributed by atoms with Crippen LogP contribution in [0.5, 0.6) is 5.75 Å². The second-order valence-corrected chi connectivity index (χ2v) is 6.19. The van der Waals surface area contributed by atoms with Gasteiger partial charge in [-0.25, -0.2) is 0 Å². The van der Waals surface area contributed by atoms with Crippen LogP contribution in [0.1, 0.15) is 38.8 Å². The van der Waals surface area contributed by atoms with Gasteiger partial charge < -0.3 is 10.1 Å². The molecule has 0 bridgehead atoms. The molecule has 0 heterocycles. The van der Waals surface area contributed by atoms with E-state index in [1.165, 1.54) is 16.8 Å². The molecule has 0 aliphatic carbocycles. The first-order valence-electron chi connectivity index (χ1n) is 7.56. The second-order valence-electron chi connectivity index (χ2n) is 6.19. The third kappa shape index (κ3) is 4.01. The summed E-state index contributed by atoms with van der Waals surface area (Å²) < 4.78 is 5.68. The highest BCUT2D eigenvalue weighted by molar-refractivity contribution is 5.54. The molecule has 2 rings (SSSR count). The Labute approximate surface area is 128 Å². The molecule has 0 saturated heterocycles. The average Bonchev–Trinajstić information content (AvgIpc) is 2.46. The van der Waals surface area contributed by atoms with Crippen LogP contribution in [0, 0.1) is 0 Å². The minimum Gasteiger partial charge on any atom is -0.494 e. The number of hydrogen-bond acceptors (Lipinski definition) is 2. The van der Waals surface area contributed by atoms with Crippen molar-refractivity contribution in [2.24, 2.45) is 0 Å². The Morgan fingerprint density at radius 1 is 0.952 bits per heavy atom. The Balaban J connectivity index is 2.18. The van der Waals surface area contributed by atoms with Gasteiger partial charge in [0.1, 0.15) is 5.75 Å². The molecule has 0 unspecified atom stereocenters. The van der Waals surface area contributed by atoms with Crippen LogP contribution in [0.15, 0.2) is 48.5 Å². The van der Waals surface area contributed by atoms with Crippen molar-refractivity contribution >= 4 is 5.69 Å². The van der Waals surface area contributed by atoms with Crippen molar-refractivity contribution in [3.8, 4) is 5.75 Å². The van der Waals surface area contributed by atoms with Crippen molar-refractivity contribution in [2.75, 3.05) is 11.9 Å². The van der Waals surface area contributed by atoms with E-state index in [-0.39, 0.29) is 5.41 Å². The van der Waals surface area contributed by atoms with Gasteiger partial charge in [-0.3, -0.25) is 0 Å². The molecule has 2 aromatic rings. The largest absolute Gasteiger partial charge is 0.494 e. The van der Waals surface area contributed by atoms with Gasteiger partial charge in [-0.2, -0.15) is 0 Å². The van der Waals surface area contributed by atoms with Crippen LogP contribution in [-0.4, -0.2) is 6.61 Å². The van der Waals surface area contributed by atoms with Crippen molar-refractivity contribution in [2.45, 2.75) is 39.7 Å². The Kier molecular flexibility index (Phi) is 4.89. The first-order valence-corrected chi connectivity index (χ1v) is 7.56. The summed E-state index contributed by atoms with van der Waals surface area (Å²) in [6.45, 7) is 10.2. The lowest BCUT2D eigenvalue weighted by Crippen LogP contribution is -2.15. The van der Waals surface area contributed by atoms with Crippen molar-refractivity contribution < 1.29 is 4.74 Å². The molecule has 112 valence electrons. The molecule has 0 aromatic heterocycles. The lowest BCUT2D eigenvalue weighted by atomic mass is 9.86. The van der Waals surface area contributed by atoms with Crippen LogP contribution in [0.25, 0.3) is 0 Å². The van der Waals surface area contributed by atoms with Crippen LogP contribution in [0.4, 0.5) is 5.69 Å². The van der Waals surface area contributed by atoms with Crippen molar-refractivity contribution in [1.29, 1.82) is 0 Å². The molecule has 2 heteroatoms. The van der Waals surface area contributed by atoms with E-state index in [1.807, 2.05) is 19.1 Å². The summed E-state index contributed by atoms with van der Waals surface area (Å²) in [6, 6.07) is 16.7. The van der Waals surface area contributed by atoms with E-state index >= 15 is 0 Å². The molecule has 21 heavy (non-hydrogen) atoms. The molecule has 1 N–H and O–H groups in total. The fourth-order valence-corrected chi connectivity index (χ4v) is 2.43. The molecule has 2 aromatic carbocycles. The van der Waals surface area contributed by atoms with Gasteiger partial charge in [0.15, 0.2) is 0 Å². The van der Waals surface area contributed by atoms with Crippen LogP contribution in [0.2, 0.25) is 0 Å². The molecule has 0 saturated carbocycles. The monoisotopic (exact) mass is 283 g/mol. The van der Waals surface area contributed by atoms with Crippen molar-refractivity contribution in [3.63, 3.8) is 0 Å². The van der Waals surface area contributed by atoms with Crippen molar-refractivity contribution in [1.82, 2.24) is 0 Å². The molecular weight excluding hydrogens is 258 g/mol. The average molecular weight is 283 g/mol. The lowest BCUT2D eigenvalue weighted by molar-refractivity contribution is 0.337. The summed E-state index contributed by atoms with van der Waals surface area (Å²) in [5.41, 5.74) is 3.83. The van der Waals surface area contributed by atoms with Crippen LogP contribution in [-0.2, 0) is 12.0 Å². The second kappa shape index (κ2) is 6.66. The van der Waals surface area contributed by atoms with E-state index in [2.05, 4.69) is 62.5 Å². The predicted molar refractivity (Wildman–Crippen MR) is 90.1 cm³/mol. The van der Waals surface area contributed by atoms with Gasteiger partial charge in [0.2, 0.25) is 0 Å². The zero-order valence-corrected chi connectivity index (χ0v) is 13.4. The van der Waals surface area contributed by atoms with Crippen molar-refractivity contribution in [3.05, 3.63) is 59.7 Å². The third-order valence-corrected chi connectivity index (χ3v) is 3.48. The van der Waals surface area contributed by atoms with Gasteiger partial charge in [0.25, 0.3) is 0 Å². The molecule has 0 amide bonds. The van der Waals surface area contributed by atoms with Crippen LogP contribution in [0.3, 0.4) is 0 Å². The quantitative estimate of drug-likeness (QED) is 0.834. The minimum absolute atomic E-state index is 0.128. The molecule has 0 radical (unpaired) electrons. The van der Waals surface area contributed by atoms with Crippen LogP contribution >= 0.6 is 0 Å². The lowest BCUT2D eigenvalue weighted by Gasteiger charge is -2.23. The topological polar surface area (TPSA) is 21.3 Å². The molecule has 0 spiro atoms. The fourth-order valence-electron chi connectivity index (χ4n) is 2.43. The number of ether oxygens (including phenoxy) is 1. The number of hydrogen-bond donors (Lipinski definition) is 1. The molecule has 0 aliphatic rings. The zero-order chi connectivity index (χ0) is 15.3. The van der Waals surface area contributed by atoms with Gasteiger partial charge in [-0.1, -0.05) is 57.2 Å². The SMILES string of the molecule is CCOc1ccccc1CNc1ccccc1C(C)(C)C. The van der Waals surface area contributed by atoms with E-state index < -0.39 is 0 Å². The number of anilines is 1. The summed E-state index contributed by atoms with van der Waals surface area (Å²) in [4.78, 5) is 0. The van der Waals surface area contributed by atoms with Gasteiger partial charge in [0.05, 0.1) is 6.61 Å². The zero-order valence-electron chi connectivity index (χ0n) is 13.4. The molecule has 0 fully saturated rings. The highest BCUT2D eigenvalue weighted by Crippen LogP contribution is 2.30. The number of benzene rings is 2. The maximum atomic E-state index is 5.68. The summed E-state index contributed by atoms with van der Waals surface area (Å²) in [5.74, 6) is 0.959. The smallest absolute Gasteiger partial charge is 0.124 e. The van der Waals surface area contributed by atoms with E-state index in [0.717, 1.165) is 12.3 Å². The molecule has 0 aliphatic heterocycles. The molecule has 0 atom stereocenters. The molecular formula is C19H25NO. The predicted octanol–water partition coefficient (Wildman–Crippen LogP) is 4.99. The van der Waals surface area contributed by atoms with E-state index in [4.69, 9.17) is 4.74 Å². The van der Waals surface area contributed by atoms with E-state index in [9.17, 15) is 0 Å². The number of nitrogens with one attached hydrogen (secondary N) is 1. The summed E-state index contributed by atoms with van der Waals surface area (Å²) in [5, 5.41) is 3.55. The Bertz CT molecular complexity index is 584. The first kappa shape index (κ1) is 15.4. The summed E-state index contributed by atoms with van der Waals surface area (Å²) in [7, 11) is 0. The first-order chi connectivity index (χ1) is 10.0. The summed E-state index contributed by atoms with van der Waals surface area (Å²) in [6.07, 6.45) is 0. The Morgan fingerprint density at radius 3 is 2.33 bits per heavy atom. The maximum absolute atomic E-state index is 5.68. The van der Waals surface area contributed by atoms with Gasteiger partial charge in [-0.15, -0.1) is 0 Å². The van der Waals surface area contributed by atoms with Gasteiger partial charge in [-0.05, 0) is 30.0 Å². The molecule has 2 nitrogen and oxygen atoms in total. The number of rotatable bonds is 5. The standard InChI is InChI=1S/C19H25NO/c1-5-21-18-13-9-6-10-15(18)14-20-17-12-8-7-11-16(17)19(2,3)4/h6-13,20H,5,14H2,1-4H3. The fraction of sp³-hybridized carbons (Fsp3) is 0.368.